The number of piperidine rings is 1. The number of anilines is 1. The molecule has 7 rings (SSSR count). The molecule has 4 heterocycles. The minimum Gasteiger partial charge on any atom is -0.316 e. The second kappa shape index (κ2) is 12.4. The van der Waals surface area contributed by atoms with Crippen LogP contribution in [-0.2, 0) is 12.8 Å². The smallest absolute Gasteiger partial charge is 0.159 e. The van der Waals surface area contributed by atoms with Crippen molar-refractivity contribution in [2.45, 2.75) is 72.1 Å². The number of allylic oxidation sites excluding steroid dienone is 3. The minimum absolute atomic E-state index is 0.333. The van der Waals surface area contributed by atoms with Gasteiger partial charge in [-0.15, -0.1) is 0 Å². The molecule has 0 radical (unpaired) electrons. The number of pyridine rings is 1. The van der Waals surface area contributed by atoms with Crippen LogP contribution in [0.3, 0.4) is 0 Å². The first-order valence-electron chi connectivity index (χ1n) is 16.6. The van der Waals surface area contributed by atoms with E-state index < -0.39 is 0 Å². The Kier molecular flexibility index (Phi) is 8.13. The zero-order valence-electron chi connectivity index (χ0n) is 26.9. The Morgan fingerprint density at radius 2 is 1.91 bits per heavy atom. The summed E-state index contributed by atoms with van der Waals surface area (Å²) in [6, 6.07) is 14.3. The zero-order chi connectivity index (χ0) is 31.0. The monoisotopic (exact) mass is 599 g/mol. The van der Waals surface area contributed by atoms with Gasteiger partial charge in [0.1, 0.15) is 5.84 Å². The van der Waals surface area contributed by atoms with Crippen LogP contribution in [0.25, 0.3) is 17.0 Å². The van der Waals surface area contributed by atoms with E-state index in [9.17, 15) is 0 Å². The van der Waals surface area contributed by atoms with Gasteiger partial charge in [0.25, 0.3) is 0 Å². The van der Waals surface area contributed by atoms with E-state index >= 15 is 0 Å². The first-order valence-corrected chi connectivity index (χ1v) is 16.6. The molecule has 0 bridgehead atoms. The molecule has 7 nitrogen and oxygen atoms in total. The molecule has 1 atom stereocenters. The molecule has 2 fully saturated rings. The number of hydrazine groups is 1. The van der Waals surface area contributed by atoms with E-state index in [0.717, 1.165) is 78.9 Å². The molecule has 0 spiro atoms. The van der Waals surface area contributed by atoms with Crippen molar-refractivity contribution in [3.8, 4) is 11.4 Å². The molecule has 45 heavy (non-hydrogen) atoms. The number of aliphatic imine (C=N–C) groups is 1. The topological polar surface area (TPSA) is 78.3 Å². The number of hydrogen-bond acceptors (Lipinski definition) is 6. The number of benzene rings is 1. The van der Waals surface area contributed by atoms with Crippen molar-refractivity contribution < 1.29 is 0 Å². The maximum absolute atomic E-state index is 5.31. The van der Waals surface area contributed by atoms with Crippen LogP contribution in [0.2, 0.25) is 0 Å². The number of nitrogens with zero attached hydrogens (tertiary/aromatic N) is 5. The van der Waals surface area contributed by atoms with Gasteiger partial charge in [-0.05, 0) is 110 Å². The summed E-state index contributed by atoms with van der Waals surface area (Å²) >= 11 is 0. The molecule has 3 aromatic rings. The van der Waals surface area contributed by atoms with Crippen LogP contribution < -0.4 is 15.8 Å². The highest BCUT2D eigenvalue weighted by atomic mass is 15.5. The van der Waals surface area contributed by atoms with Crippen molar-refractivity contribution >= 4 is 22.9 Å². The lowest BCUT2D eigenvalue weighted by Gasteiger charge is -2.39. The molecule has 232 valence electrons. The van der Waals surface area contributed by atoms with Crippen LogP contribution >= 0.6 is 0 Å². The Labute approximate surface area is 267 Å². The van der Waals surface area contributed by atoms with E-state index in [1.165, 1.54) is 48.1 Å². The summed E-state index contributed by atoms with van der Waals surface area (Å²) in [5.41, 5.74) is 13.2. The molecule has 0 amide bonds. The van der Waals surface area contributed by atoms with E-state index in [2.05, 4.69) is 67.5 Å². The van der Waals surface area contributed by atoms with Crippen LogP contribution in [0.15, 0.2) is 83.7 Å². The fourth-order valence-electron chi connectivity index (χ4n) is 7.17. The quantitative estimate of drug-likeness (QED) is 0.276. The van der Waals surface area contributed by atoms with Crippen LogP contribution in [-0.4, -0.2) is 33.9 Å². The molecule has 1 saturated heterocycles. The van der Waals surface area contributed by atoms with Gasteiger partial charge in [-0.25, -0.2) is 19.9 Å². The van der Waals surface area contributed by atoms with Gasteiger partial charge >= 0.3 is 0 Å². The van der Waals surface area contributed by atoms with E-state index in [1.807, 2.05) is 41.5 Å². The lowest BCUT2D eigenvalue weighted by Crippen LogP contribution is -2.42. The first kappa shape index (κ1) is 29.6. The van der Waals surface area contributed by atoms with Crippen LogP contribution in [0, 0.1) is 17.3 Å². The summed E-state index contributed by atoms with van der Waals surface area (Å²) in [7, 11) is 0. The average Bonchev–Trinajstić information content (AvgIpc) is 3.87. The Hall–Kier alpha value is -4.10. The molecule has 1 aromatic carbocycles. The Morgan fingerprint density at radius 3 is 2.71 bits per heavy atom. The highest BCUT2D eigenvalue weighted by molar-refractivity contribution is 5.89. The number of hydrogen-bond donors (Lipinski definition) is 2. The highest BCUT2D eigenvalue weighted by Crippen LogP contribution is 2.47. The molecule has 1 saturated carbocycles. The SMILES string of the molecule is C=C1C=C(C2CC2)c2c(CCCC3CCNCC3(C)C)nc(-c3ccnc(N=C4CC(C)=CN(c5ccccc5)N4)c3)nc2C1. The third-order valence-electron chi connectivity index (χ3n) is 9.77. The molecule has 2 N–H and O–H groups in total. The van der Waals surface area contributed by atoms with Crippen LogP contribution in [0.5, 0.6) is 0 Å². The number of para-hydroxylation sites is 1. The van der Waals surface area contributed by atoms with Gasteiger partial charge in [-0.1, -0.05) is 44.7 Å². The van der Waals surface area contributed by atoms with E-state index in [0.29, 0.717) is 17.2 Å². The second-order valence-corrected chi connectivity index (χ2v) is 14.0. The molecule has 2 aromatic heterocycles. The third kappa shape index (κ3) is 6.64. The van der Waals surface area contributed by atoms with Crippen molar-refractivity contribution in [3.05, 3.63) is 95.6 Å². The predicted octanol–water partition coefficient (Wildman–Crippen LogP) is 7.75. The van der Waals surface area contributed by atoms with Gasteiger partial charge in [0, 0.05) is 42.9 Å². The maximum atomic E-state index is 5.31. The maximum Gasteiger partial charge on any atom is 0.159 e. The van der Waals surface area contributed by atoms with Gasteiger partial charge in [0.15, 0.2) is 11.6 Å². The number of fused-ring (bicyclic) bond motifs is 1. The lowest BCUT2D eigenvalue weighted by atomic mass is 9.72. The van der Waals surface area contributed by atoms with Gasteiger partial charge in [-0.3, -0.25) is 10.4 Å². The van der Waals surface area contributed by atoms with E-state index in [-0.39, 0.29) is 0 Å². The molecule has 7 heteroatoms. The van der Waals surface area contributed by atoms with Gasteiger partial charge in [0.2, 0.25) is 0 Å². The summed E-state index contributed by atoms with van der Waals surface area (Å²) in [5, 5.41) is 5.61. The summed E-state index contributed by atoms with van der Waals surface area (Å²) in [5.74, 6) is 3.62. The standard InChI is InChI=1S/C38H45N7/c1-25-19-31(27-13-14-27)36-32(12-8-9-29-16-17-39-24-38(29,3)4)41-37(42-33(36)20-25)28-15-18-40-34(22-28)43-35-21-26(2)23-45(44-35)30-10-6-5-7-11-30/h5-7,10-11,15,18-19,22-23,27,29,39H,1,8-9,12-14,16-17,20-21,24H2,2-4H3,(H,40,43,44). The van der Waals surface area contributed by atoms with E-state index in [4.69, 9.17) is 15.0 Å². The summed E-state index contributed by atoms with van der Waals surface area (Å²) in [4.78, 5) is 20.1. The molecule has 2 aliphatic carbocycles. The zero-order valence-corrected chi connectivity index (χ0v) is 26.9. The number of rotatable bonds is 8. The molecule has 1 unspecified atom stereocenters. The van der Waals surface area contributed by atoms with Crippen LogP contribution in [0.1, 0.15) is 76.2 Å². The summed E-state index contributed by atoms with van der Waals surface area (Å²) in [6.07, 6.45) is 14.9. The Bertz CT molecular complexity index is 1680. The summed E-state index contributed by atoms with van der Waals surface area (Å²) < 4.78 is 0. The fraction of sp³-hybridized carbons (Fsp3) is 0.421. The molecule has 4 aliphatic rings. The highest BCUT2D eigenvalue weighted by Gasteiger charge is 2.34. The van der Waals surface area contributed by atoms with Gasteiger partial charge in [0.05, 0.1) is 17.1 Å². The Balaban J connectivity index is 1.18. The number of aromatic nitrogens is 3. The van der Waals surface area contributed by atoms with Gasteiger partial charge < -0.3 is 5.32 Å². The summed E-state index contributed by atoms with van der Waals surface area (Å²) in [6.45, 7) is 13.6. The second-order valence-electron chi connectivity index (χ2n) is 14.0. The third-order valence-corrected chi connectivity index (χ3v) is 9.77. The van der Waals surface area contributed by atoms with Crippen molar-refractivity contribution in [1.29, 1.82) is 0 Å². The minimum atomic E-state index is 0.333. The Morgan fingerprint density at radius 1 is 1.07 bits per heavy atom. The molecule has 2 aliphatic heterocycles. The molecular weight excluding hydrogens is 554 g/mol. The normalized spacial score (nSPS) is 22.0. The van der Waals surface area contributed by atoms with Crippen molar-refractivity contribution in [2.24, 2.45) is 22.2 Å². The van der Waals surface area contributed by atoms with Crippen molar-refractivity contribution in [3.63, 3.8) is 0 Å². The fourth-order valence-corrected chi connectivity index (χ4v) is 7.17. The number of amidine groups is 1. The number of nitrogens with one attached hydrogen (secondary N) is 2. The van der Waals surface area contributed by atoms with Gasteiger partial charge in [-0.2, -0.15) is 0 Å². The molecular formula is C38H45N7. The predicted molar refractivity (Wildman–Crippen MR) is 184 cm³/mol. The largest absolute Gasteiger partial charge is 0.316 e. The lowest BCUT2D eigenvalue weighted by molar-refractivity contribution is 0.144. The van der Waals surface area contributed by atoms with E-state index in [1.54, 1.807) is 0 Å². The van der Waals surface area contributed by atoms with Crippen molar-refractivity contribution in [1.82, 2.24) is 25.7 Å². The first-order chi connectivity index (χ1) is 21.8. The van der Waals surface area contributed by atoms with Crippen molar-refractivity contribution in [2.75, 3.05) is 18.1 Å². The number of aryl methyl sites for hydroxylation is 1. The van der Waals surface area contributed by atoms with Crippen LogP contribution in [0.4, 0.5) is 11.5 Å². The average molecular weight is 600 g/mol.